The molecule has 0 radical (unpaired) electrons. The van der Waals surface area contributed by atoms with Gasteiger partial charge in [0.2, 0.25) is 0 Å². The standard InChI is InChI=1S/C14H14BrFINS/c1-2-6-18-13(14-11(15)5-7-19-14)10-4-3-9(16)8-12(10)17/h3-5,7-8,13,18H,2,6H2,1H3. The van der Waals surface area contributed by atoms with Crippen LogP contribution in [0.2, 0.25) is 0 Å². The van der Waals surface area contributed by atoms with Crippen LogP contribution in [0.25, 0.3) is 0 Å². The minimum absolute atomic E-state index is 0.113. The first kappa shape index (κ1) is 15.4. The molecule has 0 bridgehead atoms. The van der Waals surface area contributed by atoms with Crippen molar-refractivity contribution in [1.82, 2.24) is 5.32 Å². The molecule has 1 nitrogen and oxygen atoms in total. The summed E-state index contributed by atoms with van der Waals surface area (Å²) < 4.78 is 15.3. The topological polar surface area (TPSA) is 12.0 Å². The van der Waals surface area contributed by atoms with Crippen LogP contribution in [-0.2, 0) is 0 Å². The first-order valence-corrected chi connectivity index (χ1v) is 8.79. The maximum atomic E-state index is 13.3. The van der Waals surface area contributed by atoms with Crippen molar-refractivity contribution < 1.29 is 4.39 Å². The van der Waals surface area contributed by atoms with Crippen molar-refractivity contribution in [2.24, 2.45) is 0 Å². The van der Waals surface area contributed by atoms with Crippen molar-refractivity contribution in [3.05, 3.63) is 53.9 Å². The van der Waals surface area contributed by atoms with E-state index in [-0.39, 0.29) is 11.9 Å². The van der Waals surface area contributed by atoms with Gasteiger partial charge in [0.15, 0.2) is 0 Å². The van der Waals surface area contributed by atoms with Crippen molar-refractivity contribution in [2.75, 3.05) is 6.54 Å². The van der Waals surface area contributed by atoms with Crippen LogP contribution in [0.3, 0.4) is 0 Å². The Hall–Kier alpha value is 0.0200. The number of halogens is 3. The number of benzene rings is 1. The maximum Gasteiger partial charge on any atom is 0.124 e. The van der Waals surface area contributed by atoms with Crippen LogP contribution < -0.4 is 5.32 Å². The molecule has 0 aliphatic heterocycles. The number of nitrogens with one attached hydrogen (secondary N) is 1. The molecule has 102 valence electrons. The highest BCUT2D eigenvalue weighted by Crippen LogP contribution is 2.35. The van der Waals surface area contributed by atoms with Crippen molar-refractivity contribution in [1.29, 1.82) is 0 Å². The van der Waals surface area contributed by atoms with Gasteiger partial charge >= 0.3 is 0 Å². The molecule has 0 aliphatic rings. The predicted octanol–water partition coefficient (Wildman–Crippen LogP) is 5.34. The Balaban J connectivity index is 2.40. The fourth-order valence-corrected chi connectivity index (χ4v) is 4.36. The molecule has 1 atom stereocenters. The normalized spacial score (nSPS) is 12.6. The molecule has 5 heteroatoms. The van der Waals surface area contributed by atoms with Crippen molar-refractivity contribution in [2.45, 2.75) is 19.4 Å². The van der Waals surface area contributed by atoms with E-state index < -0.39 is 0 Å². The molecule has 2 aromatic rings. The third kappa shape index (κ3) is 3.77. The Labute approximate surface area is 138 Å². The van der Waals surface area contributed by atoms with Crippen LogP contribution in [-0.4, -0.2) is 6.54 Å². The smallest absolute Gasteiger partial charge is 0.124 e. The van der Waals surface area contributed by atoms with Gasteiger partial charge in [0.25, 0.3) is 0 Å². The van der Waals surface area contributed by atoms with Crippen LogP contribution in [0.15, 0.2) is 34.1 Å². The van der Waals surface area contributed by atoms with Crippen LogP contribution in [0.5, 0.6) is 0 Å². The average molecular weight is 454 g/mol. The first-order chi connectivity index (χ1) is 9.13. The Kier molecular flexibility index (Phi) is 5.80. The summed E-state index contributed by atoms with van der Waals surface area (Å²) in [5, 5.41) is 5.61. The highest BCUT2D eigenvalue weighted by Gasteiger charge is 2.20. The van der Waals surface area contributed by atoms with Gasteiger partial charge in [-0.05, 0) is 80.6 Å². The molecule has 1 aromatic heterocycles. The molecule has 1 N–H and O–H groups in total. The largest absolute Gasteiger partial charge is 0.306 e. The first-order valence-electron chi connectivity index (χ1n) is 6.04. The third-order valence-corrected chi connectivity index (χ3v) is 5.65. The van der Waals surface area contributed by atoms with Gasteiger partial charge in [-0.1, -0.05) is 13.0 Å². The Morgan fingerprint density at radius 1 is 1.42 bits per heavy atom. The summed E-state index contributed by atoms with van der Waals surface area (Å²) in [6, 6.07) is 7.15. The highest BCUT2D eigenvalue weighted by molar-refractivity contribution is 14.1. The number of thiophene rings is 1. The van der Waals surface area contributed by atoms with E-state index in [9.17, 15) is 4.39 Å². The van der Waals surface area contributed by atoms with Crippen LogP contribution in [0, 0.1) is 9.39 Å². The summed E-state index contributed by atoms with van der Waals surface area (Å²) in [7, 11) is 0. The van der Waals surface area contributed by atoms with E-state index in [4.69, 9.17) is 0 Å². The molecule has 0 amide bonds. The maximum absolute atomic E-state index is 13.3. The Morgan fingerprint density at radius 3 is 2.79 bits per heavy atom. The van der Waals surface area contributed by atoms with Gasteiger partial charge in [-0.15, -0.1) is 11.3 Å². The summed E-state index contributed by atoms with van der Waals surface area (Å²) in [5.74, 6) is -0.187. The lowest BCUT2D eigenvalue weighted by Gasteiger charge is -2.20. The van der Waals surface area contributed by atoms with Gasteiger partial charge < -0.3 is 5.32 Å². The molecule has 0 saturated carbocycles. The Morgan fingerprint density at radius 2 is 2.21 bits per heavy atom. The zero-order valence-electron chi connectivity index (χ0n) is 10.4. The second kappa shape index (κ2) is 7.15. The summed E-state index contributed by atoms with van der Waals surface area (Å²) in [4.78, 5) is 1.23. The van der Waals surface area contributed by atoms with E-state index in [1.54, 1.807) is 17.4 Å². The van der Waals surface area contributed by atoms with Crippen LogP contribution >= 0.6 is 49.9 Å². The van der Waals surface area contributed by atoms with Crippen molar-refractivity contribution in [3.63, 3.8) is 0 Å². The lowest BCUT2D eigenvalue weighted by Crippen LogP contribution is -2.23. The minimum Gasteiger partial charge on any atom is -0.306 e. The molecule has 0 saturated heterocycles. The lowest BCUT2D eigenvalue weighted by atomic mass is 10.1. The molecule has 0 aliphatic carbocycles. The zero-order chi connectivity index (χ0) is 13.8. The molecule has 1 unspecified atom stereocenters. The van der Waals surface area contributed by atoms with E-state index >= 15 is 0 Å². The third-order valence-electron chi connectivity index (χ3n) is 2.78. The van der Waals surface area contributed by atoms with Gasteiger partial charge in [-0.3, -0.25) is 0 Å². The van der Waals surface area contributed by atoms with Crippen LogP contribution in [0.1, 0.15) is 29.8 Å². The van der Waals surface area contributed by atoms with Gasteiger partial charge in [0.1, 0.15) is 5.82 Å². The van der Waals surface area contributed by atoms with Gasteiger partial charge in [0.05, 0.1) is 6.04 Å². The number of rotatable bonds is 5. The number of hydrogen-bond donors (Lipinski definition) is 1. The fourth-order valence-electron chi connectivity index (χ4n) is 1.88. The highest BCUT2D eigenvalue weighted by atomic mass is 127. The summed E-state index contributed by atoms with van der Waals surface area (Å²) in [6.45, 7) is 3.08. The van der Waals surface area contributed by atoms with E-state index in [1.165, 1.54) is 10.9 Å². The van der Waals surface area contributed by atoms with Gasteiger partial charge in [0, 0.05) is 12.9 Å². The second-order valence-electron chi connectivity index (χ2n) is 4.19. The Bertz CT molecular complexity index is 558. The summed E-state index contributed by atoms with van der Waals surface area (Å²) in [6.07, 6.45) is 1.07. The minimum atomic E-state index is -0.187. The predicted molar refractivity (Wildman–Crippen MR) is 91.3 cm³/mol. The van der Waals surface area contributed by atoms with E-state index in [0.29, 0.717) is 0 Å². The van der Waals surface area contributed by atoms with Crippen LogP contribution in [0.4, 0.5) is 4.39 Å². The number of hydrogen-bond acceptors (Lipinski definition) is 2. The monoisotopic (exact) mass is 453 g/mol. The van der Waals surface area contributed by atoms with E-state index in [1.807, 2.05) is 6.07 Å². The molecule has 19 heavy (non-hydrogen) atoms. The molecule has 1 heterocycles. The quantitative estimate of drug-likeness (QED) is 0.602. The fraction of sp³-hybridized carbons (Fsp3) is 0.286. The average Bonchev–Trinajstić information content (AvgIpc) is 2.78. The molecule has 0 spiro atoms. The zero-order valence-corrected chi connectivity index (χ0v) is 15.0. The van der Waals surface area contributed by atoms with Gasteiger partial charge in [-0.2, -0.15) is 0 Å². The van der Waals surface area contributed by atoms with Crippen molar-refractivity contribution >= 4 is 49.9 Å². The van der Waals surface area contributed by atoms with E-state index in [2.05, 4.69) is 62.2 Å². The van der Waals surface area contributed by atoms with Crippen molar-refractivity contribution in [3.8, 4) is 0 Å². The molecule has 2 rings (SSSR count). The molecular weight excluding hydrogens is 440 g/mol. The van der Waals surface area contributed by atoms with E-state index in [0.717, 1.165) is 26.6 Å². The summed E-state index contributed by atoms with van der Waals surface area (Å²) >= 11 is 7.50. The lowest BCUT2D eigenvalue weighted by molar-refractivity contribution is 0.595. The molecule has 0 fully saturated rings. The SMILES string of the molecule is CCCNC(c1ccc(F)cc1I)c1sccc1Br. The molecule has 1 aromatic carbocycles. The van der Waals surface area contributed by atoms with Gasteiger partial charge in [-0.25, -0.2) is 4.39 Å². The summed E-state index contributed by atoms with van der Waals surface area (Å²) in [5.41, 5.74) is 1.12. The molecular formula is C14H14BrFINS. The second-order valence-corrected chi connectivity index (χ2v) is 7.15.